The number of ether oxygens (including phenoxy) is 2. The average Bonchev–Trinajstić information content (AvgIpc) is 3.10. The smallest absolute Gasteiger partial charge is 0.310 e. The molecule has 8 heteroatoms. The van der Waals surface area contributed by atoms with Crippen molar-refractivity contribution in [1.82, 2.24) is 9.88 Å². The monoisotopic (exact) mass is 536 g/mol. The molecule has 3 aliphatic rings. The highest BCUT2D eigenvalue weighted by Crippen LogP contribution is 2.46. The first-order valence-corrected chi connectivity index (χ1v) is 10.8. The van der Waals surface area contributed by atoms with Crippen LogP contribution in [0, 0.1) is 17.4 Å². The van der Waals surface area contributed by atoms with Gasteiger partial charge in [-0.2, -0.15) is 5.26 Å². The van der Waals surface area contributed by atoms with Crippen molar-refractivity contribution in [3.05, 3.63) is 35.0 Å². The number of quaternary nitrogens is 1. The molecular formula is C23H29IN4O3. The van der Waals surface area contributed by atoms with Crippen LogP contribution in [0.5, 0.6) is 0 Å². The fourth-order valence-corrected chi connectivity index (χ4v) is 5.77. The summed E-state index contributed by atoms with van der Waals surface area (Å²) in [6, 6.07) is 6.51. The summed E-state index contributed by atoms with van der Waals surface area (Å²) < 4.78 is 11.6. The molecule has 1 N–H and O–H groups in total. The van der Waals surface area contributed by atoms with Gasteiger partial charge in [0.15, 0.2) is 6.19 Å². The molecule has 1 unspecified atom stereocenters. The summed E-state index contributed by atoms with van der Waals surface area (Å²) in [5.74, 6) is -0.314. The van der Waals surface area contributed by atoms with E-state index < -0.39 is 0 Å². The van der Waals surface area contributed by atoms with E-state index in [1.54, 1.807) is 0 Å². The predicted molar refractivity (Wildman–Crippen MR) is 111 cm³/mol. The Bertz CT molecular complexity index is 1020. The Kier molecular flexibility index (Phi) is 6.21. The fourth-order valence-electron chi connectivity index (χ4n) is 5.77. The Morgan fingerprint density at radius 3 is 2.87 bits per heavy atom. The maximum atomic E-state index is 12.3. The zero-order chi connectivity index (χ0) is 20.9. The number of piperidine rings is 1. The number of halogens is 1. The number of H-pyrrole nitrogens is 1. The van der Waals surface area contributed by atoms with Gasteiger partial charge in [0.1, 0.15) is 19.6 Å². The zero-order valence-electron chi connectivity index (χ0n) is 18.1. The number of hydrogen-bond acceptors (Lipinski definition) is 5. The van der Waals surface area contributed by atoms with Crippen LogP contribution < -0.4 is 24.0 Å². The molecule has 2 aromatic rings. The molecule has 1 aliphatic carbocycles. The number of hydrogen-bond donors (Lipinski definition) is 1. The molecule has 3 atom stereocenters. The van der Waals surface area contributed by atoms with Crippen molar-refractivity contribution in [2.75, 3.05) is 47.0 Å². The van der Waals surface area contributed by atoms with E-state index in [4.69, 9.17) is 9.47 Å². The van der Waals surface area contributed by atoms with Crippen LogP contribution in [-0.4, -0.2) is 73.4 Å². The average molecular weight is 536 g/mol. The SMILES string of the molecule is COC(=O)[C@@H]1CC2c3cccc4[nH]c(C[N+]5(C)CCOCC5)c(c34)C[C@H]2N(C#N)C1.[I-]. The van der Waals surface area contributed by atoms with Crippen LogP contribution in [-0.2, 0) is 27.2 Å². The van der Waals surface area contributed by atoms with Crippen LogP contribution in [0.4, 0.5) is 0 Å². The molecule has 2 aliphatic heterocycles. The van der Waals surface area contributed by atoms with Gasteiger partial charge in [-0.25, -0.2) is 0 Å². The van der Waals surface area contributed by atoms with E-state index in [0.717, 1.165) is 50.2 Å². The summed E-state index contributed by atoms with van der Waals surface area (Å²) >= 11 is 0. The third-order valence-electron chi connectivity index (χ3n) is 7.44. The number of esters is 1. The summed E-state index contributed by atoms with van der Waals surface area (Å²) in [5.41, 5.74) is 5.07. The van der Waals surface area contributed by atoms with Crippen molar-refractivity contribution in [2.45, 2.75) is 31.3 Å². The van der Waals surface area contributed by atoms with Crippen molar-refractivity contribution >= 4 is 16.9 Å². The summed E-state index contributed by atoms with van der Waals surface area (Å²) in [6.07, 6.45) is 3.95. The molecule has 0 radical (unpaired) electrons. The first-order chi connectivity index (χ1) is 14.5. The van der Waals surface area contributed by atoms with E-state index in [2.05, 4.69) is 36.4 Å². The lowest BCUT2D eigenvalue weighted by atomic mass is 9.72. The number of likely N-dealkylation sites (tertiary alicyclic amines) is 1. The third-order valence-corrected chi connectivity index (χ3v) is 7.44. The van der Waals surface area contributed by atoms with Crippen molar-refractivity contribution in [3.8, 4) is 6.19 Å². The van der Waals surface area contributed by atoms with Crippen LogP contribution >= 0.6 is 0 Å². The molecule has 1 aromatic carbocycles. The van der Waals surface area contributed by atoms with E-state index in [-0.39, 0.29) is 47.8 Å². The van der Waals surface area contributed by atoms with Gasteiger partial charge in [-0.15, -0.1) is 0 Å². The van der Waals surface area contributed by atoms with Crippen LogP contribution in [0.3, 0.4) is 0 Å². The summed E-state index contributed by atoms with van der Waals surface area (Å²) in [4.78, 5) is 17.8. The van der Waals surface area contributed by atoms with Gasteiger partial charge in [0.05, 0.1) is 45.0 Å². The van der Waals surface area contributed by atoms with Gasteiger partial charge >= 0.3 is 5.97 Å². The molecule has 0 saturated carbocycles. The van der Waals surface area contributed by atoms with Crippen LogP contribution in [0.15, 0.2) is 18.2 Å². The quantitative estimate of drug-likeness (QED) is 0.239. The molecule has 1 aromatic heterocycles. The topological polar surface area (TPSA) is 78.4 Å². The number of fused-ring (bicyclic) bond motifs is 2. The maximum absolute atomic E-state index is 12.3. The van der Waals surface area contributed by atoms with Gasteiger partial charge in [0.25, 0.3) is 0 Å². The maximum Gasteiger partial charge on any atom is 0.310 e. The molecular weight excluding hydrogens is 507 g/mol. The van der Waals surface area contributed by atoms with Crippen LogP contribution in [0.1, 0.15) is 29.2 Å². The standard InChI is InChI=1S/C23H29N4O3.HI/c1-27(6-8-30-9-7-27)13-20-18-11-21-17(16-4-3-5-19(25-20)22(16)18)10-15(23(28)29-2)12-26(21)14-24;/h3-5,15,17,21,25H,6-13H2,1-2H3;1H/q+1;/p-1/t15-,17?,21-;/m1./s1. The number of rotatable bonds is 3. The Morgan fingerprint density at radius 2 is 2.16 bits per heavy atom. The lowest BCUT2D eigenvalue weighted by Crippen LogP contribution is -3.00. The van der Waals surface area contributed by atoms with Crippen molar-refractivity contribution in [3.63, 3.8) is 0 Å². The minimum Gasteiger partial charge on any atom is -1.00 e. The number of benzene rings is 1. The summed E-state index contributed by atoms with van der Waals surface area (Å²) in [6.45, 7) is 5.03. The highest BCUT2D eigenvalue weighted by Gasteiger charge is 2.44. The molecule has 0 spiro atoms. The summed E-state index contributed by atoms with van der Waals surface area (Å²) in [5, 5.41) is 11.2. The Balaban J connectivity index is 0.00000231. The molecule has 2 fully saturated rings. The van der Waals surface area contributed by atoms with Crippen LogP contribution in [0.25, 0.3) is 10.9 Å². The third kappa shape index (κ3) is 3.81. The fraction of sp³-hybridized carbons (Fsp3) is 0.565. The highest BCUT2D eigenvalue weighted by atomic mass is 127. The summed E-state index contributed by atoms with van der Waals surface area (Å²) in [7, 11) is 3.73. The molecule has 0 amide bonds. The number of aromatic amines is 1. The van der Waals surface area contributed by atoms with E-state index in [1.807, 2.05) is 4.90 Å². The number of aromatic nitrogens is 1. The minimum absolute atomic E-state index is 0. The van der Waals surface area contributed by atoms with Gasteiger partial charge in [-0.05, 0) is 30.0 Å². The van der Waals surface area contributed by atoms with Gasteiger partial charge in [0, 0.05) is 23.4 Å². The number of nitrogens with one attached hydrogen (secondary N) is 1. The number of nitrogens with zero attached hydrogens (tertiary/aromatic N) is 3. The van der Waals surface area contributed by atoms with E-state index in [1.165, 1.54) is 34.8 Å². The Morgan fingerprint density at radius 1 is 1.39 bits per heavy atom. The minimum atomic E-state index is -0.260. The molecule has 2 saturated heterocycles. The van der Waals surface area contributed by atoms with Gasteiger partial charge in [-0.1, -0.05) is 12.1 Å². The highest BCUT2D eigenvalue weighted by molar-refractivity contribution is 5.90. The molecule has 166 valence electrons. The van der Waals surface area contributed by atoms with E-state index >= 15 is 0 Å². The lowest BCUT2D eigenvalue weighted by Gasteiger charge is -2.44. The molecule has 5 rings (SSSR count). The zero-order valence-corrected chi connectivity index (χ0v) is 20.2. The Labute approximate surface area is 199 Å². The number of carbonyl (C=O) groups is 1. The van der Waals surface area contributed by atoms with Gasteiger partial charge in [0.2, 0.25) is 0 Å². The number of morpholine rings is 1. The number of nitriles is 1. The second-order valence-corrected chi connectivity index (χ2v) is 9.28. The largest absolute Gasteiger partial charge is 1.00 e. The van der Waals surface area contributed by atoms with E-state index in [9.17, 15) is 10.1 Å². The van der Waals surface area contributed by atoms with Gasteiger partial charge in [-0.3, -0.25) is 4.79 Å². The lowest BCUT2D eigenvalue weighted by molar-refractivity contribution is -0.929. The number of methoxy groups -OCH3 is 1. The number of likely N-dealkylation sites (N-methyl/N-ethyl adjacent to an activating group) is 1. The second kappa shape index (κ2) is 8.60. The normalized spacial score (nSPS) is 26.5. The Hall–Kier alpha value is -1.83. The molecule has 7 nitrogen and oxygen atoms in total. The van der Waals surface area contributed by atoms with E-state index in [0.29, 0.717) is 6.54 Å². The molecule has 31 heavy (non-hydrogen) atoms. The first-order valence-electron chi connectivity index (χ1n) is 10.8. The first kappa shape index (κ1) is 22.4. The van der Waals surface area contributed by atoms with Crippen molar-refractivity contribution < 1.29 is 42.7 Å². The number of carbonyl (C=O) groups excluding carboxylic acids is 1. The van der Waals surface area contributed by atoms with Crippen LogP contribution in [0.2, 0.25) is 0 Å². The van der Waals surface area contributed by atoms with Crippen molar-refractivity contribution in [1.29, 1.82) is 5.26 Å². The molecule has 0 bridgehead atoms. The predicted octanol–water partition coefficient (Wildman–Crippen LogP) is -0.867. The molecule has 3 heterocycles. The van der Waals surface area contributed by atoms with Gasteiger partial charge < -0.3 is 47.8 Å². The second-order valence-electron chi connectivity index (χ2n) is 9.28. The van der Waals surface area contributed by atoms with Crippen molar-refractivity contribution in [2.24, 2.45) is 5.92 Å².